The van der Waals surface area contributed by atoms with Crippen LogP contribution in [0.2, 0.25) is 15.1 Å². The molecule has 0 aliphatic rings. The minimum Gasteiger partial charge on any atom is -0.507 e. The SMILES string of the molecule is Cc1ccc(O)c(C(=O)Nc2cc(Cl)c(Cl)cc2Cl)c1. The second-order valence-electron chi connectivity index (χ2n) is 4.22. The third-order valence-electron chi connectivity index (χ3n) is 2.65. The average molecular weight is 331 g/mol. The summed E-state index contributed by atoms with van der Waals surface area (Å²) in [4.78, 5) is 12.1. The van der Waals surface area contributed by atoms with Gasteiger partial charge in [-0.2, -0.15) is 0 Å². The molecule has 0 saturated heterocycles. The van der Waals surface area contributed by atoms with E-state index in [9.17, 15) is 9.90 Å². The van der Waals surface area contributed by atoms with Crippen molar-refractivity contribution in [2.45, 2.75) is 6.92 Å². The predicted octanol–water partition coefficient (Wildman–Crippen LogP) is 4.91. The number of hydrogen-bond donors (Lipinski definition) is 2. The third kappa shape index (κ3) is 3.18. The second kappa shape index (κ2) is 5.92. The molecule has 0 atom stereocenters. The van der Waals surface area contributed by atoms with Crippen molar-refractivity contribution in [3.8, 4) is 5.75 Å². The maximum absolute atomic E-state index is 12.1. The summed E-state index contributed by atoms with van der Waals surface area (Å²) in [5.41, 5.74) is 1.34. The summed E-state index contributed by atoms with van der Waals surface area (Å²) in [6, 6.07) is 7.64. The zero-order valence-electron chi connectivity index (χ0n) is 10.4. The summed E-state index contributed by atoms with van der Waals surface area (Å²) in [7, 11) is 0. The van der Waals surface area contributed by atoms with Crippen LogP contribution in [0.5, 0.6) is 5.75 Å². The number of anilines is 1. The van der Waals surface area contributed by atoms with Crippen molar-refractivity contribution in [3.05, 3.63) is 56.5 Å². The summed E-state index contributed by atoms with van der Waals surface area (Å²) >= 11 is 17.7. The molecular formula is C14H10Cl3NO2. The summed E-state index contributed by atoms with van der Waals surface area (Å²) in [5.74, 6) is -0.587. The summed E-state index contributed by atoms with van der Waals surface area (Å²) in [6.45, 7) is 1.82. The number of halogens is 3. The first-order chi connectivity index (χ1) is 9.38. The number of amides is 1. The fraction of sp³-hybridized carbons (Fsp3) is 0.0714. The maximum atomic E-state index is 12.1. The molecule has 2 aromatic carbocycles. The highest BCUT2D eigenvalue weighted by molar-refractivity contribution is 6.44. The van der Waals surface area contributed by atoms with E-state index in [-0.39, 0.29) is 21.4 Å². The molecule has 1 amide bonds. The van der Waals surface area contributed by atoms with Gasteiger partial charge in [0.25, 0.3) is 5.91 Å². The van der Waals surface area contributed by atoms with Crippen LogP contribution in [0.15, 0.2) is 30.3 Å². The number of benzene rings is 2. The maximum Gasteiger partial charge on any atom is 0.259 e. The van der Waals surface area contributed by atoms with Gasteiger partial charge in [0.2, 0.25) is 0 Å². The lowest BCUT2D eigenvalue weighted by atomic mass is 10.1. The van der Waals surface area contributed by atoms with Crippen molar-refractivity contribution in [1.29, 1.82) is 0 Å². The summed E-state index contributed by atoms with van der Waals surface area (Å²) < 4.78 is 0. The molecule has 0 saturated carbocycles. The number of carbonyl (C=O) groups is 1. The van der Waals surface area contributed by atoms with E-state index in [0.29, 0.717) is 10.7 Å². The number of carbonyl (C=O) groups excluding carboxylic acids is 1. The van der Waals surface area contributed by atoms with Crippen LogP contribution in [0.3, 0.4) is 0 Å². The lowest BCUT2D eigenvalue weighted by Gasteiger charge is -2.10. The molecule has 0 bridgehead atoms. The monoisotopic (exact) mass is 329 g/mol. The van der Waals surface area contributed by atoms with E-state index in [2.05, 4.69) is 5.32 Å². The quantitative estimate of drug-likeness (QED) is 0.768. The smallest absolute Gasteiger partial charge is 0.259 e. The van der Waals surface area contributed by atoms with Crippen molar-refractivity contribution in [2.75, 3.05) is 5.32 Å². The van der Waals surface area contributed by atoms with Gasteiger partial charge in [0.15, 0.2) is 0 Å². The van der Waals surface area contributed by atoms with E-state index in [1.165, 1.54) is 18.2 Å². The molecule has 0 aromatic heterocycles. The van der Waals surface area contributed by atoms with E-state index in [0.717, 1.165) is 5.56 Å². The molecule has 2 aromatic rings. The molecule has 2 rings (SSSR count). The van der Waals surface area contributed by atoms with Crippen molar-refractivity contribution in [1.82, 2.24) is 0 Å². The Balaban J connectivity index is 2.32. The van der Waals surface area contributed by atoms with Crippen molar-refractivity contribution in [3.63, 3.8) is 0 Å². The first-order valence-corrected chi connectivity index (χ1v) is 6.77. The van der Waals surface area contributed by atoms with Gasteiger partial charge in [-0.15, -0.1) is 0 Å². The van der Waals surface area contributed by atoms with Crippen molar-refractivity contribution >= 4 is 46.4 Å². The molecule has 104 valence electrons. The van der Waals surface area contributed by atoms with Crippen LogP contribution in [0.1, 0.15) is 15.9 Å². The van der Waals surface area contributed by atoms with Crippen LogP contribution in [0.4, 0.5) is 5.69 Å². The Morgan fingerprint density at radius 3 is 2.40 bits per heavy atom. The molecular weight excluding hydrogens is 321 g/mol. The zero-order chi connectivity index (χ0) is 14.9. The van der Waals surface area contributed by atoms with Gasteiger partial charge in [-0.1, -0.05) is 46.4 Å². The molecule has 2 N–H and O–H groups in total. The van der Waals surface area contributed by atoms with Gasteiger partial charge in [0, 0.05) is 0 Å². The molecule has 0 aliphatic heterocycles. The van der Waals surface area contributed by atoms with E-state index in [1.54, 1.807) is 12.1 Å². The van der Waals surface area contributed by atoms with Crippen LogP contribution >= 0.6 is 34.8 Å². The summed E-state index contributed by atoms with van der Waals surface area (Å²) in [5, 5.41) is 13.1. The van der Waals surface area contributed by atoms with Crippen LogP contribution < -0.4 is 5.32 Å². The van der Waals surface area contributed by atoms with Crippen LogP contribution in [0, 0.1) is 6.92 Å². The van der Waals surface area contributed by atoms with Gasteiger partial charge >= 0.3 is 0 Å². The number of aryl methyl sites for hydroxylation is 1. The Bertz CT molecular complexity index is 686. The molecule has 0 unspecified atom stereocenters. The largest absolute Gasteiger partial charge is 0.507 e. The van der Waals surface area contributed by atoms with Crippen LogP contribution in [-0.4, -0.2) is 11.0 Å². The molecule has 0 spiro atoms. The minimum atomic E-state index is -0.480. The Kier molecular flexibility index (Phi) is 4.43. The van der Waals surface area contributed by atoms with Gasteiger partial charge in [0.05, 0.1) is 26.3 Å². The lowest BCUT2D eigenvalue weighted by molar-refractivity contribution is 0.102. The molecule has 0 fully saturated rings. The fourth-order valence-corrected chi connectivity index (χ4v) is 2.23. The van der Waals surface area contributed by atoms with E-state index in [4.69, 9.17) is 34.8 Å². The predicted molar refractivity (Wildman–Crippen MR) is 82.3 cm³/mol. The molecule has 0 aliphatic carbocycles. The van der Waals surface area contributed by atoms with Crippen LogP contribution in [0.25, 0.3) is 0 Å². The van der Waals surface area contributed by atoms with Gasteiger partial charge < -0.3 is 10.4 Å². The average Bonchev–Trinajstić information content (AvgIpc) is 2.38. The number of nitrogens with one attached hydrogen (secondary N) is 1. The van der Waals surface area contributed by atoms with Crippen molar-refractivity contribution < 1.29 is 9.90 Å². The summed E-state index contributed by atoms with van der Waals surface area (Å²) in [6.07, 6.45) is 0. The van der Waals surface area contributed by atoms with E-state index < -0.39 is 5.91 Å². The number of aromatic hydroxyl groups is 1. The van der Waals surface area contributed by atoms with Crippen LogP contribution in [-0.2, 0) is 0 Å². The van der Waals surface area contributed by atoms with Gasteiger partial charge in [-0.3, -0.25) is 4.79 Å². The van der Waals surface area contributed by atoms with Gasteiger partial charge in [-0.05, 0) is 31.2 Å². The van der Waals surface area contributed by atoms with E-state index >= 15 is 0 Å². The minimum absolute atomic E-state index is 0.107. The number of hydrogen-bond acceptors (Lipinski definition) is 2. The van der Waals surface area contributed by atoms with E-state index in [1.807, 2.05) is 6.92 Å². The fourth-order valence-electron chi connectivity index (χ4n) is 1.64. The lowest BCUT2D eigenvalue weighted by Crippen LogP contribution is -2.12. The highest BCUT2D eigenvalue weighted by Gasteiger charge is 2.14. The highest BCUT2D eigenvalue weighted by atomic mass is 35.5. The van der Waals surface area contributed by atoms with Gasteiger partial charge in [0.1, 0.15) is 5.75 Å². The topological polar surface area (TPSA) is 49.3 Å². The molecule has 0 radical (unpaired) electrons. The Hall–Kier alpha value is -1.42. The highest BCUT2D eigenvalue weighted by Crippen LogP contribution is 2.32. The number of phenolic OH excluding ortho intramolecular Hbond substituents is 1. The third-order valence-corrected chi connectivity index (χ3v) is 3.69. The Labute approximate surface area is 131 Å². The number of rotatable bonds is 2. The second-order valence-corrected chi connectivity index (χ2v) is 5.44. The van der Waals surface area contributed by atoms with Crippen molar-refractivity contribution in [2.24, 2.45) is 0 Å². The molecule has 20 heavy (non-hydrogen) atoms. The molecule has 6 heteroatoms. The van der Waals surface area contributed by atoms with Gasteiger partial charge in [-0.25, -0.2) is 0 Å². The normalized spacial score (nSPS) is 10.4. The first kappa shape index (κ1) is 15.0. The molecule has 3 nitrogen and oxygen atoms in total. The standard InChI is InChI=1S/C14H10Cl3NO2/c1-7-2-3-13(19)8(4-7)14(20)18-12-6-10(16)9(15)5-11(12)17/h2-6,19H,1H3,(H,18,20). The number of phenols is 1. The molecule has 0 heterocycles. The first-order valence-electron chi connectivity index (χ1n) is 5.64. The Morgan fingerprint density at radius 2 is 1.70 bits per heavy atom. The zero-order valence-corrected chi connectivity index (χ0v) is 12.6. The Morgan fingerprint density at radius 1 is 1.05 bits per heavy atom.